The van der Waals surface area contributed by atoms with Gasteiger partial charge in [-0.05, 0) is 42.5 Å². The average molecular weight is 388 g/mol. The molecule has 0 unspecified atom stereocenters. The Hall–Kier alpha value is -3.54. The summed E-state index contributed by atoms with van der Waals surface area (Å²) in [5.74, 6) is 0.976. The van der Waals surface area contributed by atoms with Crippen LogP contribution in [0.5, 0.6) is 0 Å². The van der Waals surface area contributed by atoms with E-state index in [0.29, 0.717) is 5.69 Å². The standard InChI is InChI=1S/C23H24N4O2/c1-4-12-24-22-20(18-8-6-5-7-15(18)2)26-21-19-14-17(25-23(28)29-3)10-9-16(19)11-13-27(21)22/h5-11,13-14,24H,4,12H2,1-3H3,(H,25,28). The summed E-state index contributed by atoms with van der Waals surface area (Å²) in [6.07, 6.45) is 2.56. The van der Waals surface area contributed by atoms with Crippen LogP contribution in [0, 0.1) is 6.92 Å². The number of fused-ring (bicyclic) bond motifs is 3. The van der Waals surface area contributed by atoms with Crippen molar-refractivity contribution in [3.63, 3.8) is 0 Å². The predicted octanol–water partition coefficient (Wildman–Crippen LogP) is 5.46. The van der Waals surface area contributed by atoms with Crippen molar-refractivity contribution in [2.24, 2.45) is 0 Å². The third-order valence-electron chi connectivity index (χ3n) is 4.98. The maximum Gasteiger partial charge on any atom is 0.411 e. The zero-order chi connectivity index (χ0) is 20.4. The number of aryl methyl sites for hydroxylation is 1. The monoisotopic (exact) mass is 388 g/mol. The SMILES string of the molecule is CCCNc1c(-c2ccccc2C)nc2c3cc(NC(=O)OC)ccc3ccn12. The summed E-state index contributed by atoms with van der Waals surface area (Å²) < 4.78 is 6.80. The molecule has 1 amide bonds. The molecule has 0 saturated carbocycles. The highest BCUT2D eigenvalue weighted by Crippen LogP contribution is 2.34. The van der Waals surface area contributed by atoms with Crippen molar-refractivity contribution in [1.29, 1.82) is 0 Å². The van der Waals surface area contributed by atoms with E-state index in [0.717, 1.165) is 46.5 Å². The highest BCUT2D eigenvalue weighted by atomic mass is 16.5. The number of carbonyl (C=O) groups excluding carboxylic acids is 1. The smallest absolute Gasteiger partial charge is 0.411 e. The molecule has 148 valence electrons. The Bertz CT molecular complexity index is 1200. The van der Waals surface area contributed by atoms with Gasteiger partial charge in [0.15, 0.2) is 0 Å². The minimum absolute atomic E-state index is 0.495. The number of amides is 1. The van der Waals surface area contributed by atoms with Crippen molar-refractivity contribution in [2.45, 2.75) is 20.3 Å². The number of methoxy groups -OCH3 is 1. The maximum atomic E-state index is 11.6. The van der Waals surface area contributed by atoms with Gasteiger partial charge in [-0.1, -0.05) is 37.3 Å². The zero-order valence-corrected chi connectivity index (χ0v) is 16.8. The molecule has 4 rings (SSSR count). The number of carbonyl (C=O) groups is 1. The number of nitrogens with zero attached hydrogens (tertiary/aromatic N) is 2. The molecule has 0 spiro atoms. The van der Waals surface area contributed by atoms with Crippen LogP contribution in [0.25, 0.3) is 27.7 Å². The van der Waals surface area contributed by atoms with Crippen LogP contribution in [0.1, 0.15) is 18.9 Å². The number of anilines is 2. The van der Waals surface area contributed by atoms with Crippen LogP contribution < -0.4 is 10.6 Å². The summed E-state index contributed by atoms with van der Waals surface area (Å²) in [7, 11) is 1.35. The molecule has 6 nitrogen and oxygen atoms in total. The lowest BCUT2D eigenvalue weighted by molar-refractivity contribution is 0.187. The normalized spacial score (nSPS) is 11.0. The molecule has 2 aromatic carbocycles. The van der Waals surface area contributed by atoms with E-state index in [4.69, 9.17) is 9.72 Å². The van der Waals surface area contributed by atoms with Crippen LogP contribution in [0.2, 0.25) is 0 Å². The minimum Gasteiger partial charge on any atom is -0.453 e. The molecule has 0 atom stereocenters. The van der Waals surface area contributed by atoms with Crippen LogP contribution in [-0.4, -0.2) is 29.1 Å². The van der Waals surface area contributed by atoms with Gasteiger partial charge in [0.25, 0.3) is 0 Å². The summed E-state index contributed by atoms with van der Waals surface area (Å²) >= 11 is 0. The fourth-order valence-corrected chi connectivity index (χ4v) is 3.50. The van der Waals surface area contributed by atoms with E-state index in [1.807, 2.05) is 36.5 Å². The average Bonchev–Trinajstić information content (AvgIpc) is 3.11. The van der Waals surface area contributed by atoms with Crippen molar-refractivity contribution in [3.8, 4) is 11.3 Å². The number of pyridine rings is 1. The second kappa shape index (κ2) is 7.83. The van der Waals surface area contributed by atoms with Crippen molar-refractivity contribution >= 4 is 34.0 Å². The summed E-state index contributed by atoms with van der Waals surface area (Å²) in [5, 5.41) is 8.29. The van der Waals surface area contributed by atoms with E-state index in [9.17, 15) is 4.79 Å². The number of benzene rings is 2. The number of imidazole rings is 1. The Balaban J connectivity index is 1.95. The van der Waals surface area contributed by atoms with Gasteiger partial charge in [-0.3, -0.25) is 9.72 Å². The zero-order valence-electron chi connectivity index (χ0n) is 16.8. The number of aromatic nitrogens is 2. The second-order valence-corrected chi connectivity index (χ2v) is 6.98. The van der Waals surface area contributed by atoms with E-state index in [1.165, 1.54) is 12.7 Å². The quantitative estimate of drug-likeness (QED) is 0.476. The topological polar surface area (TPSA) is 67.7 Å². The molecule has 0 aliphatic carbocycles. The molecule has 29 heavy (non-hydrogen) atoms. The van der Waals surface area contributed by atoms with E-state index < -0.39 is 6.09 Å². The van der Waals surface area contributed by atoms with Crippen LogP contribution in [0.3, 0.4) is 0 Å². The van der Waals surface area contributed by atoms with Gasteiger partial charge in [0.1, 0.15) is 17.2 Å². The van der Waals surface area contributed by atoms with Gasteiger partial charge in [0.2, 0.25) is 0 Å². The molecule has 0 saturated heterocycles. The number of hydrogen-bond donors (Lipinski definition) is 2. The van der Waals surface area contributed by atoms with Crippen LogP contribution in [-0.2, 0) is 4.74 Å². The first kappa shape index (κ1) is 18.8. The Morgan fingerprint density at radius 3 is 2.76 bits per heavy atom. The molecule has 0 fully saturated rings. The summed E-state index contributed by atoms with van der Waals surface area (Å²) in [6.45, 7) is 5.10. The molecule has 0 bridgehead atoms. The van der Waals surface area contributed by atoms with Crippen LogP contribution in [0.4, 0.5) is 16.3 Å². The second-order valence-electron chi connectivity index (χ2n) is 6.98. The predicted molar refractivity (Wildman–Crippen MR) is 118 cm³/mol. The number of nitrogens with one attached hydrogen (secondary N) is 2. The third-order valence-corrected chi connectivity index (χ3v) is 4.98. The maximum absolute atomic E-state index is 11.6. The fourth-order valence-electron chi connectivity index (χ4n) is 3.50. The minimum atomic E-state index is -0.495. The lowest BCUT2D eigenvalue weighted by Crippen LogP contribution is -2.10. The molecule has 0 aliphatic heterocycles. The van der Waals surface area contributed by atoms with Gasteiger partial charge < -0.3 is 10.1 Å². The van der Waals surface area contributed by atoms with Crippen molar-refractivity contribution < 1.29 is 9.53 Å². The van der Waals surface area contributed by atoms with E-state index in [2.05, 4.69) is 47.1 Å². The summed E-state index contributed by atoms with van der Waals surface area (Å²) in [4.78, 5) is 16.6. The van der Waals surface area contributed by atoms with Crippen LogP contribution >= 0.6 is 0 Å². The van der Waals surface area contributed by atoms with Gasteiger partial charge in [0.05, 0.1) is 7.11 Å². The molecular formula is C23H24N4O2. The Morgan fingerprint density at radius 2 is 2.00 bits per heavy atom. The molecule has 0 aliphatic rings. The summed E-state index contributed by atoms with van der Waals surface area (Å²) in [6, 6.07) is 16.1. The lowest BCUT2D eigenvalue weighted by Gasteiger charge is -2.10. The Kier molecular flexibility index (Phi) is 5.08. The molecule has 6 heteroatoms. The number of ether oxygens (including phenoxy) is 1. The highest BCUT2D eigenvalue weighted by molar-refractivity contribution is 6.00. The molecule has 2 heterocycles. The number of hydrogen-bond acceptors (Lipinski definition) is 4. The third kappa shape index (κ3) is 3.49. The van der Waals surface area contributed by atoms with Gasteiger partial charge in [-0.25, -0.2) is 9.78 Å². The Morgan fingerprint density at radius 1 is 1.17 bits per heavy atom. The van der Waals surface area contributed by atoms with E-state index in [-0.39, 0.29) is 0 Å². The first-order valence-corrected chi connectivity index (χ1v) is 9.72. The fraction of sp³-hybridized carbons (Fsp3) is 0.217. The molecular weight excluding hydrogens is 364 g/mol. The van der Waals surface area contributed by atoms with Crippen molar-refractivity contribution in [3.05, 3.63) is 60.3 Å². The van der Waals surface area contributed by atoms with Crippen molar-refractivity contribution in [2.75, 3.05) is 24.3 Å². The van der Waals surface area contributed by atoms with Crippen molar-refractivity contribution in [1.82, 2.24) is 9.38 Å². The van der Waals surface area contributed by atoms with Gasteiger partial charge in [-0.2, -0.15) is 0 Å². The number of rotatable bonds is 5. The van der Waals surface area contributed by atoms with E-state index in [1.54, 1.807) is 0 Å². The Labute approximate surface area is 169 Å². The first-order valence-electron chi connectivity index (χ1n) is 9.72. The molecule has 0 radical (unpaired) electrons. The molecule has 2 N–H and O–H groups in total. The van der Waals surface area contributed by atoms with Gasteiger partial charge in [0, 0.05) is 29.4 Å². The van der Waals surface area contributed by atoms with Crippen LogP contribution in [0.15, 0.2) is 54.7 Å². The molecule has 2 aromatic heterocycles. The summed E-state index contributed by atoms with van der Waals surface area (Å²) in [5.41, 5.74) is 4.71. The molecule has 4 aromatic rings. The largest absolute Gasteiger partial charge is 0.453 e. The van der Waals surface area contributed by atoms with Gasteiger partial charge in [-0.15, -0.1) is 0 Å². The highest BCUT2D eigenvalue weighted by Gasteiger charge is 2.17. The van der Waals surface area contributed by atoms with Gasteiger partial charge >= 0.3 is 6.09 Å². The van der Waals surface area contributed by atoms with E-state index >= 15 is 0 Å². The lowest BCUT2D eigenvalue weighted by atomic mass is 10.1. The first-order chi connectivity index (χ1) is 14.1.